The van der Waals surface area contributed by atoms with Crippen LogP contribution in [-0.4, -0.2) is 69.9 Å². The summed E-state index contributed by atoms with van der Waals surface area (Å²) in [4.78, 5) is 15.2. The Balaban J connectivity index is 1.20. The van der Waals surface area contributed by atoms with Crippen LogP contribution in [0.2, 0.25) is 0 Å². The lowest BCUT2D eigenvalue weighted by Crippen LogP contribution is -2.47. The van der Waals surface area contributed by atoms with E-state index in [1.54, 1.807) is 0 Å². The third-order valence-corrected chi connectivity index (χ3v) is 11.8. The maximum atomic E-state index is 6.84. The third kappa shape index (κ3) is 5.64. The molecular weight excluding hydrogens is 706 g/mol. The number of nitrogens with zero attached hydrogens (tertiary/aromatic N) is 3. The van der Waals surface area contributed by atoms with Gasteiger partial charge in [-0.15, -0.1) is 27.7 Å². The average Bonchev–Trinajstić information content (AvgIpc) is 3.84. The summed E-state index contributed by atoms with van der Waals surface area (Å²) in [5, 5.41) is 3.26. The van der Waals surface area contributed by atoms with E-state index < -0.39 is 0 Å². The minimum atomic E-state index is 0.190. The fraction of sp³-hybridized carbons (Fsp3) is 0. The second-order valence-corrected chi connectivity index (χ2v) is 14.9. The van der Waals surface area contributed by atoms with Crippen molar-refractivity contribution in [3.8, 4) is 56.4 Å². The molecule has 0 saturated carbocycles. The molecule has 4 nitrogen and oxygen atoms in total. The number of benzene rings is 7. The van der Waals surface area contributed by atoms with Crippen LogP contribution in [0.1, 0.15) is 0 Å². The van der Waals surface area contributed by atoms with E-state index in [0.29, 0.717) is 65.3 Å². The van der Waals surface area contributed by atoms with Gasteiger partial charge in [-0.25, -0.2) is 15.0 Å². The Bertz CT molecular complexity index is 3270. The van der Waals surface area contributed by atoms with E-state index in [2.05, 4.69) is 24.3 Å². The first kappa shape index (κ1) is 35.4. The van der Waals surface area contributed by atoms with E-state index in [-0.39, 0.29) is 27.3 Å². The Morgan fingerprint density at radius 2 is 0.947 bits per heavy atom. The van der Waals surface area contributed by atoms with Crippen molar-refractivity contribution in [3.63, 3.8) is 0 Å². The molecule has 0 saturated heterocycles. The third-order valence-electron chi connectivity index (χ3n) is 10.6. The van der Waals surface area contributed by atoms with Gasteiger partial charge >= 0.3 is 0 Å². The van der Waals surface area contributed by atoms with E-state index in [1.165, 1.54) is 11.3 Å². The molecular formula is C45H20B7N3OS. The molecule has 0 unspecified atom stereocenters. The molecule has 3 heterocycles. The number of furan rings is 1. The first-order valence-corrected chi connectivity index (χ1v) is 18.9. The Labute approximate surface area is 342 Å². The van der Waals surface area contributed by atoms with Gasteiger partial charge in [0, 0.05) is 36.7 Å². The van der Waals surface area contributed by atoms with E-state index >= 15 is 0 Å². The van der Waals surface area contributed by atoms with Gasteiger partial charge in [-0.3, -0.25) is 0 Å². The van der Waals surface area contributed by atoms with Crippen LogP contribution in [-0.2, 0) is 0 Å². The number of hydrogen-bond donors (Lipinski definition) is 0. The summed E-state index contributed by atoms with van der Waals surface area (Å²) in [6.07, 6.45) is 0. The zero-order valence-electron chi connectivity index (χ0n) is 30.2. The fourth-order valence-electron chi connectivity index (χ4n) is 7.62. The predicted octanol–water partition coefficient (Wildman–Crippen LogP) is 4.03. The van der Waals surface area contributed by atoms with Crippen molar-refractivity contribution >= 4 is 147 Å². The summed E-state index contributed by atoms with van der Waals surface area (Å²) in [6, 6.07) is 40.1. The number of para-hydroxylation sites is 2. The van der Waals surface area contributed by atoms with Crippen molar-refractivity contribution in [1.82, 2.24) is 15.0 Å². The largest absolute Gasteiger partial charge is 0.455 e. The molecule has 0 aliphatic rings. The number of hydrogen-bond acceptors (Lipinski definition) is 5. The summed E-state index contributed by atoms with van der Waals surface area (Å²) in [5.41, 5.74) is 9.11. The topological polar surface area (TPSA) is 51.8 Å². The van der Waals surface area contributed by atoms with Gasteiger partial charge in [-0.1, -0.05) is 125 Å². The lowest BCUT2D eigenvalue weighted by molar-refractivity contribution is 0.669. The molecule has 0 spiro atoms. The van der Waals surface area contributed by atoms with Crippen LogP contribution < -0.4 is 38.2 Å². The zero-order chi connectivity index (χ0) is 39.1. The van der Waals surface area contributed by atoms with Gasteiger partial charge in [-0.2, -0.15) is 0 Å². The predicted molar refractivity (Wildman–Crippen MR) is 245 cm³/mol. The van der Waals surface area contributed by atoms with Crippen LogP contribution >= 0.6 is 11.3 Å². The van der Waals surface area contributed by atoms with Crippen LogP contribution in [0.3, 0.4) is 0 Å². The Kier molecular flexibility index (Phi) is 8.46. The highest BCUT2D eigenvalue weighted by atomic mass is 32.1. The lowest BCUT2D eigenvalue weighted by Gasteiger charge is -2.18. The van der Waals surface area contributed by atoms with E-state index in [9.17, 15) is 0 Å². The van der Waals surface area contributed by atoms with Gasteiger partial charge in [0.1, 0.15) is 66.1 Å². The zero-order valence-corrected chi connectivity index (χ0v) is 31.1. The number of fused-ring (bicyclic) bond motifs is 6. The van der Waals surface area contributed by atoms with E-state index in [0.717, 1.165) is 44.2 Å². The van der Waals surface area contributed by atoms with E-state index in [4.69, 9.17) is 74.3 Å². The van der Waals surface area contributed by atoms with Gasteiger partial charge in [0.05, 0.1) is 5.56 Å². The van der Waals surface area contributed by atoms with Crippen molar-refractivity contribution in [2.75, 3.05) is 0 Å². The molecule has 14 radical (unpaired) electrons. The molecule has 0 aliphatic carbocycles. The van der Waals surface area contributed by atoms with Gasteiger partial charge in [0.25, 0.3) is 0 Å². The first-order chi connectivity index (χ1) is 27.7. The van der Waals surface area contributed by atoms with Crippen LogP contribution in [0.5, 0.6) is 0 Å². The number of thiophene rings is 1. The molecule has 10 aromatic rings. The minimum absolute atomic E-state index is 0.190. The summed E-state index contributed by atoms with van der Waals surface area (Å²) in [6.45, 7) is 0. The monoisotopic (exact) mass is 727 g/mol. The maximum absolute atomic E-state index is 6.84. The quantitative estimate of drug-likeness (QED) is 0.252. The van der Waals surface area contributed by atoms with Crippen molar-refractivity contribution in [2.24, 2.45) is 0 Å². The molecule has 0 N–H and O–H groups in total. The summed E-state index contributed by atoms with van der Waals surface area (Å²) in [7, 11) is 45.8. The molecule has 0 bridgehead atoms. The summed E-state index contributed by atoms with van der Waals surface area (Å²) >= 11 is 1.34. The molecule has 0 amide bonds. The molecule has 0 aliphatic heterocycles. The second-order valence-electron chi connectivity index (χ2n) is 13.9. The second kappa shape index (κ2) is 13.6. The van der Waals surface area contributed by atoms with Crippen molar-refractivity contribution in [3.05, 3.63) is 121 Å². The van der Waals surface area contributed by atoms with Gasteiger partial charge in [0.15, 0.2) is 17.5 Å². The van der Waals surface area contributed by atoms with Crippen molar-refractivity contribution in [2.45, 2.75) is 0 Å². The molecule has 0 fully saturated rings. The summed E-state index contributed by atoms with van der Waals surface area (Å²) < 4.78 is 7.75. The number of aromatic nitrogens is 3. The van der Waals surface area contributed by atoms with Gasteiger partial charge in [-0.05, 0) is 45.8 Å². The highest BCUT2D eigenvalue weighted by Crippen LogP contribution is 2.39. The Morgan fingerprint density at radius 3 is 1.72 bits per heavy atom. The SMILES string of the molecule is [B]c1c([B])c([B])c2c(sc3c([B])c([B])c([B])c(-c4cccc(-c5nc(-c6ccc(-c7ccccc7)cc6)nc(-c6cccc7c6oc6ccccc67)n5)c4)c32)c1[B]. The molecule has 10 rings (SSSR count). The highest BCUT2D eigenvalue weighted by Gasteiger charge is 2.22. The first-order valence-electron chi connectivity index (χ1n) is 18.1. The van der Waals surface area contributed by atoms with Gasteiger partial charge < -0.3 is 4.42 Å². The molecule has 7 aromatic carbocycles. The van der Waals surface area contributed by atoms with Crippen LogP contribution in [0, 0.1) is 0 Å². The molecule has 57 heavy (non-hydrogen) atoms. The minimum Gasteiger partial charge on any atom is -0.455 e. The Morgan fingerprint density at radius 1 is 0.404 bits per heavy atom. The Hall–Kier alpha value is -5.98. The van der Waals surface area contributed by atoms with E-state index in [1.807, 2.05) is 97.1 Å². The average molecular weight is 726 g/mol. The van der Waals surface area contributed by atoms with Crippen molar-refractivity contribution in [1.29, 1.82) is 0 Å². The number of rotatable bonds is 5. The van der Waals surface area contributed by atoms with Crippen LogP contribution in [0.25, 0.3) is 98.5 Å². The summed E-state index contributed by atoms with van der Waals surface area (Å²) in [5.74, 6) is 1.38. The van der Waals surface area contributed by atoms with Crippen molar-refractivity contribution < 1.29 is 4.42 Å². The molecule has 248 valence electrons. The fourth-order valence-corrected chi connectivity index (χ4v) is 8.89. The molecule has 3 aromatic heterocycles. The highest BCUT2D eigenvalue weighted by molar-refractivity contribution is 7.28. The molecule has 0 atom stereocenters. The standard InChI is InChI=1S/C45H20B7N3OS/c46-33-30(31-32-34(47)35(48)37(50)39(52)42(32)57-41(31)38(51)36(33)49)24-10-6-11-25(20-24)44-53-43(23-18-16-22(17-19-23)21-8-2-1-3-9-21)54-45(55-44)28-14-7-13-27-26-12-4-5-15-29(26)56-40(27)28/h1-20H. The lowest BCUT2D eigenvalue weighted by atomic mass is 9.64. The molecule has 12 heteroatoms. The smallest absolute Gasteiger partial charge is 0.167 e. The van der Waals surface area contributed by atoms with Crippen LogP contribution in [0.15, 0.2) is 126 Å². The maximum Gasteiger partial charge on any atom is 0.167 e. The van der Waals surface area contributed by atoms with Crippen LogP contribution in [0.4, 0.5) is 0 Å². The normalized spacial score (nSPS) is 11.6. The van der Waals surface area contributed by atoms with Gasteiger partial charge in [0.2, 0.25) is 0 Å².